The molecule has 1 amide bonds. The Kier molecular flexibility index (Phi) is 6.74. The maximum absolute atomic E-state index is 11.1. The van der Waals surface area contributed by atoms with Gasteiger partial charge in [-0.3, -0.25) is 9.59 Å². The lowest BCUT2D eigenvalue weighted by Crippen LogP contribution is -2.33. The Morgan fingerprint density at radius 2 is 2.07 bits per heavy atom. The first kappa shape index (κ1) is 12.9. The number of nitrogens with two attached hydrogens (primary N) is 1. The fourth-order valence-electron chi connectivity index (χ4n) is 1.02. The van der Waals surface area contributed by atoms with E-state index in [2.05, 4.69) is 5.32 Å². The second-order valence-corrected chi connectivity index (χ2v) is 3.29. The molecule has 0 aliphatic rings. The molecule has 0 aromatic rings. The molecule has 0 saturated carbocycles. The first-order valence-electron chi connectivity index (χ1n) is 4.77. The Balaban J connectivity index is 3.55. The van der Waals surface area contributed by atoms with Crippen molar-refractivity contribution in [3.63, 3.8) is 0 Å². The maximum atomic E-state index is 11.1. The number of carboxylic acid groups (broad SMARTS) is 1. The molecule has 0 spiro atoms. The van der Waals surface area contributed by atoms with Gasteiger partial charge in [0.05, 0.1) is 0 Å². The third-order valence-electron chi connectivity index (χ3n) is 1.81. The second kappa shape index (κ2) is 7.32. The molecule has 0 radical (unpaired) electrons. The van der Waals surface area contributed by atoms with Crippen LogP contribution in [-0.2, 0) is 9.59 Å². The van der Waals surface area contributed by atoms with E-state index in [1.165, 1.54) is 0 Å². The summed E-state index contributed by atoms with van der Waals surface area (Å²) in [5, 5.41) is 11.1. The summed E-state index contributed by atoms with van der Waals surface area (Å²) in [5.74, 6) is -0.901. The average Bonchev–Trinajstić information content (AvgIpc) is 2.11. The zero-order valence-corrected chi connectivity index (χ0v) is 8.45. The number of amides is 1. The summed E-state index contributed by atoms with van der Waals surface area (Å²) in [4.78, 5) is 21.4. The Morgan fingerprint density at radius 1 is 1.43 bits per heavy atom. The van der Waals surface area contributed by atoms with E-state index in [-0.39, 0.29) is 18.4 Å². The highest BCUT2D eigenvalue weighted by Crippen LogP contribution is 1.97. The minimum absolute atomic E-state index is 0.0617. The largest absolute Gasteiger partial charge is 0.481 e. The summed E-state index contributed by atoms with van der Waals surface area (Å²) >= 11 is 0. The molecule has 1 unspecified atom stereocenters. The van der Waals surface area contributed by atoms with Gasteiger partial charge >= 0.3 is 5.97 Å². The smallest absolute Gasteiger partial charge is 0.303 e. The van der Waals surface area contributed by atoms with Gasteiger partial charge in [-0.2, -0.15) is 0 Å². The molecule has 14 heavy (non-hydrogen) atoms. The summed E-state index contributed by atoms with van der Waals surface area (Å²) in [6, 6.07) is -0.0867. The molecule has 0 saturated heterocycles. The van der Waals surface area contributed by atoms with Crippen molar-refractivity contribution in [1.82, 2.24) is 5.32 Å². The second-order valence-electron chi connectivity index (χ2n) is 3.29. The fourth-order valence-corrected chi connectivity index (χ4v) is 1.02. The molecule has 1 atom stereocenters. The highest BCUT2D eigenvalue weighted by atomic mass is 16.4. The number of hydrogen-bond donors (Lipinski definition) is 3. The standard InChI is InChI=1S/C9H18N2O3/c1-7(4-5-9(13)14)11-8(12)3-2-6-10/h7H,2-6,10H2,1H3,(H,11,12)(H,13,14). The minimum atomic E-state index is -0.840. The van der Waals surface area contributed by atoms with Gasteiger partial charge in [0.15, 0.2) is 0 Å². The van der Waals surface area contributed by atoms with Crippen molar-refractivity contribution in [1.29, 1.82) is 0 Å². The van der Waals surface area contributed by atoms with Crippen molar-refractivity contribution in [2.75, 3.05) is 6.54 Å². The number of carbonyl (C=O) groups is 2. The molecule has 5 heteroatoms. The van der Waals surface area contributed by atoms with Gasteiger partial charge in [-0.05, 0) is 26.3 Å². The third-order valence-corrected chi connectivity index (χ3v) is 1.81. The normalized spacial score (nSPS) is 12.1. The van der Waals surface area contributed by atoms with Crippen molar-refractivity contribution in [3.8, 4) is 0 Å². The quantitative estimate of drug-likeness (QED) is 0.545. The summed E-state index contributed by atoms with van der Waals surface area (Å²) in [7, 11) is 0. The zero-order valence-electron chi connectivity index (χ0n) is 8.45. The molecule has 0 aliphatic heterocycles. The number of aliphatic carboxylic acids is 1. The monoisotopic (exact) mass is 202 g/mol. The van der Waals surface area contributed by atoms with Gasteiger partial charge in [0.25, 0.3) is 0 Å². The van der Waals surface area contributed by atoms with Crippen molar-refractivity contribution < 1.29 is 14.7 Å². The summed E-state index contributed by atoms with van der Waals surface area (Å²) in [6.45, 7) is 2.29. The summed E-state index contributed by atoms with van der Waals surface area (Å²) in [6.07, 6.45) is 1.62. The number of carboxylic acids is 1. The van der Waals surface area contributed by atoms with Crippen LogP contribution in [0.3, 0.4) is 0 Å². The highest BCUT2D eigenvalue weighted by molar-refractivity contribution is 5.76. The van der Waals surface area contributed by atoms with Gasteiger partial charge in [0.2, 0.25) is 5.91 Å². The van der Waals surface area contributed by atoms with Gasteiger partial charge in [-0.1, -0.05) is 0 Å². The molecule has 0 heterocycles. The van der Waals surface area contributed by atoms with Crippen molar-refractivity contribution in [2.24, 2.45) is 5.73 Å². The Labute approximate surface area is 83.7 Å². The molecular weight excluding hydrogens is 184 g/mol. The third kappa shape index (κ3) is 7.54. The van der Waals surface area contributed by atoms with Crippen LogP contribution in [0.5, 0.6) is 0 Å². The molecule has 0 aromatic carbocycles. The maximum Gasteiger partial charge on any atom is 0.303 e. The van der Waals surface area contributed by atoms with Crippen LogP contribution in [0.1, 0.15) is 32.6 Å². The van der Waals surface area contributed by atoms with Gasteiger partial charge in [-0.15, -0.1) is 0 Å². The van der Waals surface area contributed by atoms with Gasteiger partial charge in [-0.25, -0.2) is 0 Å². The van der Waals surface area contributed by atoms with E-state index in [0.717, 1.165) is 0 Å². The highest BCUT2D eigenvalue weighted by Gasteiger charge is 2.08. The molecule has 4 N–H and O–H groups in total. The van der Waals surface area contributed by atoms with Gasteiger partial charge in [0.1, 0.15) is 0 Å². The molecule has 5 nitrogen and oxygen atoms in total. The molecule has 0 rings (SSSR count). The Morgan fingerprint density at radius 3 is 2.57 bits per heavy atom. The van der Waals surface area contributed by atoms with Crippen molar-refractivity contribution in [2.45, 2.75) is 38.6 Å². The zero-order chi connectivity index (χ0) is 11.0. The molecule has 82 valence electrons. The SMILES string of the molecule is CC(CCC(=O)O)NC(=O)CCCN. The lowest BCUT2D eigenvalue weighted by molar-refractivity contribution is -0.137. The van der Waals surface area contributed by atoms with Crippen LogP contribution in [0.4, 0.5) is 0 Å². The lowest BCUT2D eigenvalue weighted by Gasteiger charge is -2.12. The van der Waals surface area contributed by atoms with E-state index >= 15 is 0 Å². The van der Waals surface area contributed by atoms with Crippen LogP contribution in [0.2, 0.25) is 0 Å². The van der Waals surface area contributed by atoms with Crippen LogP contribution in [0.25, 0.3) is 0 Å². The first-order chi connectivity index (χ1) is 6.56. The van der Waals surface area contributed by atoms with Gasteiger partial charge in [0, 0.05) is 18.9 Å². The Hall–Kier alpha value is -1.10. The molecular formula is C9H18N2O3. The van der Waals surface area contributed by atoms with E-state index in [4.69, 9.17) is 10.8 Å². The number of carbonyl (C=O) groups excluding carboxylic acids is 1. The predicted octanol–water partition coefficient (Wildman–Crippen LogP) is 0.0948. The van der Waals surface area contributed by atoms with Crippen LogP contribution in [0, 0.1) is 0 Å². The average molecular weight is 202 g/mol. The van der Waals surface area contributed by atoms with E-state index in [1.807, 2.05) is 0 Å². The molecule has 0 bridgehead atoms. The Bertz CT molecular complexity index is 194. The predicted molar refractivity (Wildman–Crippen MR) is 52.8 cm³/mol. The fraction of sp³-hybridized carbons (Fsp3) is 0.778. The lowest BCUT2D eigenvalue weighted by atomic mass is 10.1. The van der Waals surface area contributed by atoms with E-state index < -0.39 is 5.97 Å². The van der Waals surface area contributed by atoms with E-state index in [1.54, 1.807) is 6.92 Å². The number of hydrogen-bond acceptors (Lipinski definition) is 3. The van der Waals surface area contributed by atoms with Gasteiger partial charge < -0.3 is 16.2 Å². The summed E-state index contributed by atoms with van der Waals surface area (Å²) in [5.41, 5.74) is 5.25. The number of rotatable bonds is 7. The van der Waals surface area contributed by atoms with Crippen LogP contribution in [0.15, 0.2) is 0 Å². The first-order valence-corrected chi connectivity index (χ1v) is 4.77. The minimum Gasteiger partial charge on any atom is -0.481 e. The topological polar surface area (TPSA) is 92.4 Å². The molecule has 0 aliphatic carbocycles. The van der Waals surface area contributed by atoms with Crippen molar-refractivity contribution in [3.05, 3.63) is 0 Å². The molecule has 0 fully saturated rings. The van der Waals surface area contributed by atoms with E-state index in [0.29, 0.717) is 25.8 Å². The van der Waals surface area contributed by atoms with Crippen LogP contribution in [-0.4, -0.2) is 29.6 Å². The van der Waals surface area contributed by atoms with Crippen LogP contribution < -0.4 is 11.1 Å². The summed E-state index contributed by atoms with van der Waals surface area (Å²) < 4.78 is 0. The molecule has 0 aromatic heterocycles. The van der Waals surface area contributed by atoms with Crippen molar-refractivity contribution >= 4 is 11.9 Å². The number of nitrogens with one attached hydrogen (secondary N) is 1. The van der Waals surface area contributed by atoms with Crippen LogP contribution >= 0.6 is 0 Å². The van der Waals surface area contributed by atoms with E-state index in [9.17, 15) is 9.59 Å².